The zero-order valence-corrected chi connectivity index (χ0v) is 33.1. The number of benzene rings is 4. The molecule has 0 saturated heterocycles. The summed E-state index contributed by atoms with van der Waals surface area (Å²) >= 11 is 0. The molecular formula is C56H50. The lowest BCUT2D eigenvalue weighted by Crippen LogP contribution is -2.12. The SMILES string of the molecule is C=C1CC(c2cccc(-c3ccccc3C3=C(C)CCC(c4ccccc4)=CC(C4C=CC=CC4)=C(C)CC3)c2)=Cc2c1c1c(c3c2C(C)CC=C3)C=C=C=C1. The van der Waals surface area contributed by atoms with Crippen LogP contribution in [0.2, 0.25) is 0 Å². The van der Waals surface area contributed by atoms with Gasteiger partial charge in [-0.3, -0.25) is 0 Å². The van der Waals surface area contributed by atoms with Gasteiger partial charge in [0.25, 0.3) is 0 Å². The van der Waals surface area contributed by atoms with Gasteiger partial charge in [-0.25, -0.2) is 0 Å². The molecule has 0 heteroatoms. The summed E-state index contributed by atoms with van der Waals surface area (Å²) in [5.74, 6) is 0.858. The minimum Gasteiger partial charge on any atom is -0.0949 e. The van der Waals surface area contributed by atoms with E-state index in [-0.39, 0.29) is 0 Å². The third-order valence-electron chi connectivity index (χ3n) is 12.7. The van der Waals surface area contributed by atoms with Crippen LogP contribution in [-0.4, -0.2) is 0 Å². The molecule has 9 rings (SSSR count). The van der Waals surface area contributed by atoms with E-state index in [1.807, 2.05) is 0 Å². The highest BCUT2D eigenvalue weighted by molar-refractivity contribution is 6.02. The Kier molecular flexibility index (Phi) is 9.79. The summed E-state index contributed by atoms with van der Waals surface area (Å²) < 4.78 is 0. The molecule has 5 aliphatic rings. The molecule has 0 bridgehead atoms. The highest BCUT2D eigenvalue weighted by atomic mass is 14.3. The first-order chi connectivity index (χ1) is 27.4. The van der Waals surface area contributed by atoms with E-state index in [9.17, 15) is 0 Å². The Labute approximate surface area is 334 Å². The summed E-state index contributed by atoms with van der Waals surface area (Å²) in [6, 6.07) is 29.5. The standard InChI is InChI=1S/C56H50/c1-37-29-31-44(41-18-7-5-8-19-41)35-53(42-20-9-6-10-21-42)38(2)30-32-47(37)49-25-12-11-24-48(49)45-23-16-22-43(34-45)46-33-40(4)56-51-27-14-13-26-50(51)52-28-15-17-39(3)55(52)54(56)36-46/h5-12,15-16,18-20,22-28,34-36,39,42H,4,17,21,29-33H2,1-3H3. The summed E-state index contributed by atoms with van der Waals surface area (Å²) in [6.07, 6.45) is 30.1. The van der Waals surface area contributed by atoms with Crippen molar-refractivity contribution in [3.63, 3.8) is 0 Å². The number of allylic oxidation sites excluding steroid dienone is 13. The van der Waals surface area contributed by atoms with Gasteiger partial charge in [0.15, 0.2) is 0 Å². The molecule has 0 heterocycles. The van der Waals surface area contributed by atoms with Gasteiger partial charge in [0.2, 0.25) is 0 Å². The van der Waals surface area contributed by atoms with Gasteiger partial charge in [-0.1, -0.05) is 151 Å². The van der Waals surface area contributed by atoms with Gasteiger partial charge >= 0.3 is 0 Å². The molecule has 5 aliphatic carbocycles. The van der Waals surface area contributed by atoms with Crippen molar-refractivity contribution >= 4 is 46.6 Å². The highest BCUT2D eigenvalue weighted by Crippen LogP contribution is 2.48. The molecule has 0 spiro atoms. The molecule has 274 valence electrons. The van der Waals surface area contributed by atoms with Gasteiger partial charge in [-0.15, -0.1) is 0 Å². The van der Waals surface area contributed by atoms with Gasteiger partial charge in [-0.2, -0.15) is 0 Å². The zero-order valence-electron chi connectivity index (χ0n) is 33.1. The Morgan fingerprint density at radius 2 is 1.38 bits per heavy atom. The lowest BCUT2D eigenvalue weighted by molar-refractivity contribution is 0.761. The summed E-state index contributed by atoms with van der Waals surface area (Å²) in [6.45, 7) is 11.8. The van der Waals surface area contributed by atoms with Crippen LogP contribution < -0.4 is 0 Å². The zero-order chi connectivity index (χ0) is 38.2. The van der Waals surface area contributed by atoms with Crippen molar-refractivity contribution in [1.29, 1.82) is 0 Å². The maximum atomic E-state index is 4.71. The Hall–Kier alpha value is -5.90. The number of hydrogen-bond acceptors (Lipinski definition) is 0. The molecule has 0 saturated carbocycles. The van der Waals surface area contributed by atoms with Crippen molar-refractivity contribution in [3.8, 4) is 11.1 Å². The van der Waals surface area contributed by atoms with E-state index >= 15 is 0 Å². The maximum Gasteiger partial charge on any atom is 0.00552 e. The van der Waals surface area contributed by atoms with E-state index in [2.05, 4.69) is 172 Å². The minimum absolute atomic E-state index is 0.416. The molecule has 56 heavy (non-hydrogen) atoms. The van der Waals surface area contributed by atoms with Gasteiger partial charge < -0.3 is 0 Å². The average Bonchev–Trinajstić information content (AvgIpc) is 3.24. The molecule has 0 fully saturated rings. The smallest absolute Gasteiger partial charge is 0.00552 e. The lowest BCUT2D eigenvalue weighted by Gasteiger charge is -2.31. The lowest BCUT2D eigenvalue weighted by atomic mass is 9.72. The van der Waals surface area contributed by atoms with Crippen LogP contribution in [0.5, 0.6) is 0 Å². The monoisotopic (exact) mass is 722 g/mol. The van der Waals surface area contributed by atoms with E-state index in [1.165, 1.54) is 100 Å². The fraction of sp³-hybridized carbons (Fsp3) is 0.214. The quantitative estimate of drug-likeness (QED) is 0.158. The number of fused-ring (bicyclic) bond motifs is 6. The summed E-state index contributed by atoms with van der Waals surface area (Å²) in [7, 11) is 0. The van der Waals surface area contributed by atoms with Crippen molar-refractivity contribution in [3.05, 3.63) is 200 Å². The van der Waals surface area contributed by atoms with Crippen LogP contribution in [0.1, 0.15) is 122 Å². The van der Waals surface area contributed by atoms with E-state index < -0.39 is 0 Å². The summed E-state index contributed by atoms with van der Waals surface area (Å²) in [5.41, 5.74) is 30.9. The van der Waals surface area contributed by atoms with Crippen LogP contribution in [0, 0.1) is 5.92 Å². The normalized spacial score (nSPS) is 20.1. The van der Waals surface area contributed by atoms with Crippen molar-refractivity contribution < 1.29 is 0 Å². The van der Waals surface area contributed by atoms with Crippen molar-refractivity contribution in [2.24, 2.45) is 5.92 Å². The molecule has 0 amide bonds. The molecule has 2 unspecified atom stereocenters. The van der Waals surface area contributed by atoms with Gasteiger partial charge in [0.1, 0.15) is 0 Å². The largest absolute Gasteiger partial charge is 0.0949 e. The second kappa shape index (κ2) is 15.3. The number of hydrogen-bond donors (Lipinski definition) is 0. The molecule has 0 aliphatic heterocycles. The Balaban J connectivity index is 1.11. The number of rotatable bonds is 5. The van der Waals surface area contributed by atoms with E-state index in [4.69, 9.17) is 6.58 Å². The third-order valence-corrected chi connectivity index (χ3v) is 12.7. The van der Waals surface area contributed by atoms with Gasteiger partial charge in [0.05, 0.1) is 0 Å². The molecule has 4 aromatic carbocycles. The van der Waals surface area contributed by atoms with Crippen LogP contribution >= 0.6 is 0 Å². The van der Waals surface area contributed by atoms with E-state index in [0.717, 1.165) is 44.9 Å². The molecule has 0 aromatic heterocycles. The van der Waals surface area contributed by atoms with Crippen LogP contribution in [0.25, 0.3) is 57.7 Å². The predicted molar refractivity (Wildman–Crippen MR) is 242 cm³/mol. The molecular weight excluding hydrogens is 673 g/mol. The highest BCUT2D eigenvalue weighted by Gasteiger charge is 2.29. The second-order valence-electron chi connectivity index (χ2n) is 16.3. The van der Waals surface area contributed by atoms with Crippen molar-refractivity contribution in [1.82, 2.24) is 0 Å². The Bertz CT molecular complexity index is 2600. The van der Waals surface area contributed by atoms with E-state index in [0.29, 0.717) is 11.8 Å². The van der Waals surface area contributed by atoms with Crippen LogP contribution in [0.4, 0.5) is 0 Å². The summed E-state index contributed by atoms with van der Waals surface area (Å²) in [5, 5.41) is 0. The maximum absolute atomic E-state index is 4.71. The predicted octanol–water partition coefficient (Wildman–Crippen LogP) is 15.5. The first kappa shape index (κ1) is 35.8. The molecule has 2 atom stereocenters. The molecule has 0 nitrogen and oxygen atoms in total. The molecule has 0 radical (unpaired) electrons. The molecule has 4 aromatic rings. The van der Waals surface area contributed by atoms with Gasteiger partial charge in [0, 0.05) is 5.92 Å². The topological polar surface area (TPSA) is 0 Å². The van der Waals surface area contributed by atoms with Crippen molar-refractivity contribution in [2.45, 2.75) is 71.6 Å². The van der Waals surface area contributed by atoms with Crippen LogP contribution in [-0.2, 0) is 0 Å². The third kappa shape index (κ3) is 6.71. The fourth-order valence-corrected chi connectivity index (χ4v) is 9.75. The first-order valence-corrected chi connectivity index (χ1v) is 20.6. The Morgan fingerprint density at radius 3 is 2.20 bits per heavy atom. The van der Waals surface area contributed by atoms with E-state index in [1.54, 1.807) is 0 Å². The second-order valence-corrected chi connectivity index (χ2v) is 16.3. The van der Waals surface area contributed by atoms with Crippen LogP contribution in [0.3, 0.4) is 0 Å². The first-order valence-electron chi connectivity index (χ1n) is 20.6. The average molecular weight is 723 g/mol. The Morgan fingerprint density at radius 1 is 0.625 bits per heavy atom. The minimum atomic E-state index is 0.416. The van der Waals surface area contributed by atoms with Crippen molar-refractivity contribution in [2.75, 3.05) is 0 Å². The molecule has 0 N–H and O–H groups in total. The van der Waals surface area contributed by atoms with Crippen LogP contribution in [0.15, 0.2) is 150 Å². The fourth-order valence-electron chi connectivity index (χ4n) is 9.75. The summed E-state index contributed by atoms with van der Waals surface area (Å²) in [4.78, 5) is 0. The van der Waals surface area contributed by atoms with Gasteiger partial charge in [-0.05, 0) is 178 Å².